The zero-order valence-electron chi connectivity index (χ0n) is 20.5. The van der Waals surface area contributed by atoms with E-state index < -0.39 is 35.2 Å². The number of aromatic nitrogens is 2. The van der Waals surface area contributed by atoms with E-state index >= 15 is 0 Å². The fourth-order valence-electron chi connectivity index (χ4n) is 4.77. The summed E-state index contributed by atoms with van der Waals surface area (Å²) in [5.41, 5.74) is -1.07. The molecule has 0 saturated heterocycles. The van der Waals surface area contributed by atoms with Crippen molar-refractivity contribution in [2.45, 2.75) is 38.7 Å². The van der Waals surface area contributed by atoms with Gasteiger partial charge in [-0.3, -0.25) is 9.20 Å². The highest BCUT2D eigenvalue weighted by Gasteiger charge is 2.43. The van der Waals surface area contributed by atoms with Crippen LogP contribution in [0.3, 0.4) is 0 Å². The van der Waals surface area contributed by atoms with Gasteiger partial charge in [-0.25, -0.2) is 4.98 Å². The largest absolute Gasteiger partial charge is 0.489 e. The molecule has 0 aliphatic heterocycles. The van der Waals surface area contributed by atoms with Crippen LogP contribution >= 0.6 is 0 Å². The third kappa shape index (κ3) is 5.43. The number of rotatable bonds is 7. The third-order valence-electron chi connectivity index (χ3n) is 6.95. The van der Waals surface area contributed by atoms with Crippen LogP contribution in [0.2, 0.25) is 0 Å². The number of pyridine rings is 1. The van der Waals surface area contributed by atoms with E-state index in [1.807, 2.05) is 6.07 Å². The van der Waals surface area contributed by atoms with Crippen molar-refractivity contribution in [2.75, 3.05) is 0 Å². The van der Waals surface area contributed by atoms with Gasteiger partial charge in [0.05, 0.1) is 17.2 Å². The van der Waals surface area contributed by atoms with Crippen molar-refractivity contribution in [3.63, 3.8) is 0 Å². The van der Waals surface area contributed by atoms with Crippen LogP contribution in [0.1, 0.15) is 34.4 Å². The van der Waals surface area contributed by atoms with E-state index in [4.69, 9.17) is 9.84 Å². The molecule has 1 N–H and O–H groups in total. The normalized spacial score (nSPS) is 17.4. The molecule has 5 rings (SSSR count). The molecule has 1 aliphatic carbocycles. The molecule has 2 aromatic heterocycles. The van der Waals surface area contributed by atoms with E-state index in [0.717, 1.165) is 16.2 Å². The quantitative estimate of drug-likeness (QED) is 0.248. The molecule has 1 aliphatic rings. The summed E-state index contributed by atoms with van der Waals surface area (Å²) < 4.78 is 88.3. The summed E-state index contributed by atoms with van der Waals surface area (Å²) in [5, 5.41) is 9.11. The molecule has 1 fully saturated rings. The van der Waals surface area contributed by atoms with Crippen molar-refractivity contribution in [1.82, 2.24) is 9.38 Å². The first-order valence-corrected chi connectivity index (χ1v) is 12.0. The van der Waals surface area contributed by atoms with Crippen LogP contribution < -0.4 is 4.74 Å². The molecule has 2 aromatic carbocycles. The summed E-state index contributed by atoms with van der Waals surface area (Å²) >= 11 is 0. The summed E-state index contributed by atoms with van der Waals surface area (Å²) in [5.74, 6) is -0.531. The Labute approximate surface area is 218 Å². The number of ether oxygens (including phenoxy) is 1. The minimum atomic E-state index is -4.90. The van der Waals surface area contributed by atoms with Gasteiger partial charge >= 0.3 is 18.3 Å². The maximum atomic E-state index is 14.0. The minimum Gasteiger partial charge on any atom is -0.489 e. The number of carboxylic acids is 1. The Balaban J connectivity index is 1.44. The zero-order valence-corrected chi connectivity index (χ0v) is 20.5. The summed E-state index contributed by atoms with van der Waals surface area (Å²) in [6.45, 7) is 1.65. The van der Waals surface area contributed by atoms with Crippen LogP contribution in [0.4, 0.5) is 26.3 Å². The lowest BCUT2D eigenvalue weighted by Gasteiger charge is -2.15. The van der Waals surface area contributed by atoms with Crippen LogP contribution in [0.25, 0.3) is 16.9 Å². The molecule has 0 amide bonds. The molecule has 0 radical (unpaired) electrons. The number of hydrogen-bond acceptors (Lipinski definition) is 3. The second kappa shape index (κ2) is 9.62. The van der Waals surface area contributed by atoms with Gasteiger partial charge in [-0.2, -0.15) is 26.3 Å². The van der Waals surface area contributed by atoms with Crippen molar-refractivity contribution in [1.29, 1.82) is 0 Å². The number of fused-ring (bicyclic) bond motifs is 1. The van der Waals surface area contributed by atoms with Gasteiger partial charge in [-0.15, -0.1) is 0 Å². The van der Waals surface area contributed by atoms with Crippen molar-refractivity contribution >= 4 is 11.6 Å². The summed E-state index contributed by atoms with van der Waals surface area (Å²) in [6.07, 6.45) is -7.45. The molecule has 0 bridgehead atoms. The molecule has 0 spiro atoms. The Morgan fingerprint density at radius 2 is 1.79 bits per heavy atom. The van der Waals surface area contributed by atoms with Crippen LogP contribution in [0.15, 0.2) is 60.8 Å². The maximum absolute atomic E-state index is 14.0. The van der Waals surface area contributed by atoms with E-state index in [2.05, 4.69) is 4.98 Å². The lowest BCUT2D eigenvalue weighted by molar-refractivity contribution is -0.140. The first-order chi connectivity index (χ1) is 18.3. The van der Waals surface area contributed by atoms with E-state index in [1.165, 1.54) is 6.07 Å². The van der Waals surface area contributed by atoms with Crippen molar-refractivity contribution in [3.05, 3.63) is 88.7 Å². The van der Waals surface area contributed by atoms with Crippen molar-refractivity contribution in [3.8, 4) is 17.0 Å². The fraction of sp³-hybridized carbons (Fsp3) is 0.286. The summed E-state index contributed by atoms with van der Waals surface area (Å²) in [7, 11) is 0. The highest BCUT2D eigenvalue weighted by atomic mass is 19.4. The number of hydrogen-bond donors (Lipinski definition) is 1. The molecule has 11 heteroatoms. The lowest BCUT2D eigenvalue weighted by Crippen LogP contribution is -2.09. The Morgan fingerprint density at radius 3 is 2.46 bits per heavy atom. The van der Waals surface area contributed by atoms with Gasteiger partial charge < -0.3 is 9.84 Å². The Bertz CT molecular complexity index is 1560. The van der Waals surface area contributed by atoms with Gasteiger partial charge in [0.2, 0.25) is 0 Å². The summed E-state index contributed by atoms with van der Waals surface area (Å²) in [4.78, 5) is 14.6. The van der Waals surface area contributed by atoms with E-state index in [0.29, 0.717) is 41.9 Å². The molecule has 1 unspecified atom stereocenters. The van der Waals surface area contributed by atoms with Gasteiger partial charge in [0, 0.05) is 11.8 Å². The Kier molecular flexibility index (Phi) is 6.56. The predicted molar refractivity (Wildman–Crippen MR) is 129 cm³/mol. The number of imidazole rings is 1. The second-order valence-electron chi connectivity index (χ2n) is 9.62. The molecule has 2 atom stereocenters. The first-order valence-electron chi connectivity index (χ1n) is 12.0. The van der Waals surface area contributed by atoms with Crippen molar-refractivity contribution < 1.29 is 41.0 Å². The lowest BCUT2D eigenvalue weighted by atomic mass is 9.99. The zero-order chi connectivity index (χ0) is 28.1. The first kappa shape index (κ1) is 26.6. The monoisotopic (exact) mass is 548 g/mol. The van der Waals surface area contributed by atoms with Gasteiger partial charge in [0.1, 0.15) is 18.0 Å². The number of carbonyl (C=O) groups is 1. The van der Waals surface area contributed by atoms with Gasteiger partial charge in [-0.05, 0) is 66.6 Å². The van der Waals surface area contributed by atoms with E-state index in [9.17, 15) is 31.1 Å². The molecule has 4 aromatic rings. The molecule has 204 valence electrons. The van der Waals surface area contributed by atoms with E-state index in [-0.39, 0.29) is 29.7 Å². The number of halogens is 6. The molecular weight excluding hydrogens is 526 g/mol. The average molecular weight is 548 g/mol. The number of benzene rings is 2. The fourth-order valence-corrected chi connectivity index (χ4v) is 4.77. The molecular formula is C28H22F6N2O3. The maximum Gasteiger partial charge on any atom is 0.435 e. The number of nitrogens with zero attached hydrogens (tertiary/aromatic N) is 2. The van der Waals surface area contributed by atoms with Crippen molar-refractivity contribution in [2.24, 2.45) is 11.8 Å². The Morgan fingerprint density at radius 1 is 1.05 bits per heavy atom. The standard InChI is InChI=1S/C28H22F6N2O3/c1-15-17(14-39-20-6-2-4-16(11-20)10-18-12-22(18)26(37)38)5-3-7-21(15)24-25(28(32,33)34)35-23-13-19(27(29,30)31)8-9-36(23)24/h2-9,11,13,18,22H,10,12,14H2,1H3,(H,37,38)/t18-,22?/m1/s1. The molecule has 5 nitrogen and oxygen atoms in total. The highest BCUT2D eigenvalue weighted by Crippen LogP contribution is 2.42. The van der Waals surface area contributed by atoms with Crippen LogP contribution in [-0.4, -0.2) is 20.5 Å². The average Bonchev–Trinajstić information content (AvgIpc) is 3.52. The predicted octanol–water partition coefficient (Wildman–Crippen LogP) is 7.19. The van der Waals surface area contributed by atoms with Crippen LogP contribution in [-0.2, 0) is 30.2 Å². The topological polar surface area (TPSA) is 63.8 Å². The summed E-state index contributed by atoms with van der Waals surface area (Å²) in [6, 6.07) is 13.2. The second-order valence-corrected chi connectivity index (χ2v) is 9.62. The smallest absolute Gasteiger partial charge is 0.435 e. The molecule has 1 saturated carbocycles. The van der Waals surface area contributed by atoms with Crippen LogP contribution in [0.5, 0.6) is 5.75 Å². The number of alkyl halides is 6. The minimum absolute atomic E-state index is 0.0284. The van der Waals surface area contributed by atoms with Crippen LogP contribution in [0, 0.1) is 18.8 Å². The Hall–Kier alpha value is -4.02. The third-order valence-corrected chi connectivity index (χ3v) is 6.95. The van der Waals surface area contributed by atoms with E-state index in [1.54, 1.807) is 37.3 Å². The van der Waals surface area contributed by atoms with Gasteiger partial charge in [-0.1, -0.05) is 30.3 Å². The molecule has 2 heterocycles. The van der Waals surface area contributed by atoms with Gasteiger partial charge in [0.25, 0.3) is 0 Å². The number of carboxylic acid groups (broad SMARTS) is 1. The van der Waals surface area contributed by atoms with Gasteiger partial charge in [0.15, 0.2) is 5.69 Å². The molecule has 39 heavy (non-hydrogen) atoms. The SMILES string of the molecule is Cc1c(COc2cccc(C[C@@H]3CC3C(=O)O)c2)cccc1-c1c(C(F)(F)F)nc2cc(C(F)(F)F)ccn12. The highest BCUT2D eigenvalue weighted by molar-refractivity contribution is 5.73. The number of aliphatic carboxylic acids is 1.